The standard InChI is InChI=1S/C122H80N2O2/c1-4-25-81(26-5-1)84-53-64-97(65-54-84)123(98-68-57-87(58-69-98)95-62-73-115-119(79-95)125-117-47-20-18-45-113(117)121(115)109-41-14-10-37-104(109)105-38-11-15-42-110(105)121)99-70-59-89(60-71-99)103-72-61-94(78-108(103)88-29-8-3-9-30-88)86-51-49-83(50-52-86)85-55-66-100(67-56-85)124(101-35-23-33-92(76-101)91-32-22-31-90(75-91)82-27-6-2-7-28-82)102-36-24-34-93(77-102)96-63-74-116-120(80-96)126-118-48-21-19-46-114(118)122(116)111-43-16-12-39-106(111)107-40-13-17-44-112(107)122/h1-80H. The molecular weight excluding hydrogens is 1530 g/mol. The second-order valence-electron chi connectivity index (χ2n) is 33.3. The number of fused-ring (bicyclic) bond motifs is 18. The molecule has 2 aliphatic carbocycles. The summed E-state index contributed by atoms with van der Waals surface area (Å²) in [5.41, 5.74) is 40.4. The van der Waals surface area contributed by atoms with E-state index in [1.807, 2.05) is 0 Å². The van der Waals surface area contributed by atoms with E-state index in [-0.39, 0.29) is 0 Å². The molecule has 20 aromatic carbocycles. The highest BCUT2D eigenvalue weighted by molar-refractivity contribution is 5.95. The summed E-state index contributed by atoms with van der Waals surface area (Å²) in [6.07, 6.45) is 0. The van der Waals surface area contributed by atoms with Crippen LogP contribution in [0.3, 0.4) is 0 Å². The number of para-hydroxylation sites is 2. The van der Waals surface area contributed by atoms with E-state index >= 15 is 0 Å². The first-order valence-electron chi connectivity index (χ1n) is 43.4. The molecule has 2 heterocycles. The average molecular weight is 1610 g/mol. The fraction of sp³-hybridized carbons (Fsp3) is 0.0164. The Kier molecular flexibility index (Phi) is 17.7. The van der Waals surface area contributed by atoms with Crippen LogP contribution in [0.25, 0.3) is 122 Å². The van der Waals surface area contributed by atoms with E-state index < -0.39 is 10.8 Å². The lowest BCUT2D eigenvalue weighted by molar-refractivity contribution is 0.436. The van der Waals surface area contributed by atoms with E-state index in [1.165, 1.54) is 61.2 Å². The minimum absolute atomic E-state index is 0.522. The first kappa shape index (κ1) is 73.5. The van der Waals surface area contributed by atoms with E-state index in [0.29, 0.717) is 0 Å². The Labute approximate surface area is 734 Å². The van der Waals surface area contributed by atoms with Gasteiger partial charge in [-0.25, -0.2) is 0 Å². The molecule has 20 aromatic rings. The van der Waals surface area contributed by atoms with Gasteiger partial charge in [0.1, 0.15) is 23.0 Å². The summed E-state index contributed by atoms with van der Waals surface area (Å²) < 4.78 is 14.0. The van der Waals surface area contributed by atoms with Crippen LogP contribution in [0.4, 0.5) is 34.1 Å². The van der Waals surface area contributed by atoms with E-state index in [1.54, 1.807) is 0 Å². The van der Waals surface area contributed by atoms with Crippen molar-refractivity contribution in [2.45, 2.75) is 10.8 Å². The summed E-state index contributed by atoms with van der Waals surface area (Å²) in [4.78, 5) is 4.76. The van der Waals surface area contributed by atoms with Crippen LogP contribution in [0.2, 0.25) is 0 Å². The van der Waals surface area contributed by atoms with E-state index in [0.717, 1.165) is 163 Å². The van der Waals surface area contributed by atoms with Gasteiger partial charge in [0.2, 0.25) is 0 Å². The number of rotatable bonds is 15. The summed E-state index contributed by atoms with van der Waals surface area (Å²) >= 11 is 0. The van der Waals surface area contributed by atoms with Crippen molar-refractivity contribution in [3.63, 3.8) is 0 Å². The molecule has 24 rings (SSSR count). The summed E-state index contributed by atoms with van der Waals surface area (Å²) in [5, 5.41) is 0. The molecule has 0 saturated carbocycles. The number of nitrogens with zero attached hydrogens (tertiary/aromatic N) is 2. The second kappa shape index (κ2) is 30.3. The topological polar surface area (TPSA) is 24.9 Å². The molecule has 2 aliphatic heterocycles. The van der Waals surface area contributed by atoms with Gasteiger partial charge < -0.3 is 19.3 Å². The van der Waals surface area contributed by atoms with Crippen LogP contribution in [-0.2, 0) is 10.8 Å². The third kappa shape index (κ3) is 12.2. The largest absolute Gasteiger partial charge is 0.457 e. The number of benzene rings is 20. The first-order chi connectivity index (χ1) is 62.4. The van der Waals surface area contributed by atoms with Gasteiger partial charge in [-0.05, 0) is 254 Å². The van der Waals surface area contributed by atoms with Crippen molar-refractivity contribution >= 4 is 34.1 Å². The molecule has 4 heteroatoms. The van der Waals surface area contributed by atoms with Crippen molar-refractivity contribution in [3.8, 4) is 145 Å². The molecule has 0 radical (unpaired) electrons. The molecule has 0 amide bonds. The summed E-state index contributed by atoms with van der Waals surface area (Å²) in [6.45, 7) is 0. The minimum atomic E-state index is -0.545. The quantitative estimate of drug-likeness (QED) is 0.102. The maximum Gasteiger partial charge on any atom is 0.132 e. The molecule has 0 atom stereocenters. The molecule has 2 spiro atoms. The van der Waals surface area contributed by atoms with Gasteiger partial charge in [-0.2, -0.15) is 0 Å². The normalized spacial score (nSPS) is 12.9. The van der Waals surface area contributed by atoms with Gasteiger partial charge in [-0.15, -0.1) is 0 Å². The maximum absolute atomic E-state index is 7.04. The molecule has 590 valence electrons. The van der Waals surface area contributed by atoms with Crippen molar-refractivity contribution in [1.29, 1.82) is 0 Å². The highest BCUT2D eigenvalue weighted by Gasteiger charge is 2.53. The van der Waals surface area contributed by atoms with Gasteiger partial charge >= 0.3 is 0 Å². The van der Waals surface area contributed by atoms with Gasteiger partial charge in [0.25, 0.3) is 0 Å². The zero-order chi connectivity index (χ0) is 83.2. The van der Waals surface area contributed by atoms with Crippen molar-refractivity contribution in [2.75, 3.05) is 9.80 Å². The molecule has 0 fully saturated rings. The van der Waals surface area contributed by atoms with Crippen molar-refractivity contribution < 1.29 is 9.47 Å². The molecule has 0 bridgehead atoms. The van der Waals surface area contributed by atoms with Crippen molar-refractivity contribution in [2.24, 2.45) is 0 Å². The zero-order valence-electron chi connectivity index (χ0n) is 68.9. The highest BCUT2D eigenvalue weighted by atomic mass is 16.5. The number of hydrogen-bond acceptors (Lipinski definition) is 4. The summed E-state index contributed by atoms with van der Waals surface area (Å²) in [7, 11) is 0. The van der Waals surface area contributed by atoms with Crippen molar-refractivity contribution in [1.82, 2.24) is 0 Å². The number of hydrogen-bond donors (Lipinski definition) is 0. The molecule has 0 N–H and O–H groups in total. The Morgan fingerprint density at radius 3 is 0.794 bits per heavy atom. The lowest BCUT2D eigenvalue weighted by Gasteiger charge is -2.39. The van der Waals surface area contributed by atoms with Crippen molar-refractivity contribution in [3.05, 3.63) is 530 Å². The van der Waals surface area contributed by atoms with Crippen LogP contribution in [0.15, 0.2) is 485 Å². The molecule has 0 unspecified atom stereocenters. The first-order valence-corrected chi connectivity index (χ1v) is 43.4. The van der Waals surface area contributed by atoms with Crippen LogP contribution >= 0.6 is 0 Å². The van der Waals surface area contributed by atoms with E-state index in [9.17, 15) is 0 Å². The van der Waals surface area contributed by atoms with E-state index in [2.05, 4.69) is 495 Å². The smallest absolute Gasteiger partial charge is 0.132 e. The van der Waals surface area contributed by atoms with Crippen LogP contribution in [0.1, 0.15) is 44.5 Å². The fourth-order valence-electron chi connectivity index (χ4n) is 20.7. The molecule has 0 saturated heterocycles. The van der Waals surface area contributed by atoms with Crippen LogP contribution in [0.5, 0.6) is 23.0 Å². The monoisotopic (exact) mass is 1600 g/mol. The summed E-state index contributed by atoms with van der Waals surface area (Å²) in [6, 6.07) is 177. The zero-order valence-corrected chi connectivity index (χ0v) is 68.9. The Morgan fingerprint density at radius 1 is 0.127 bits per heavy atom. The molecule has 4 nitrogen and oxygen atoms in total. The predicted octanol–water partition coefficient (Wildman–Crippen LogP) is 32.6. The third-order valence-electron chi connectivity index (χ3n) is 26.5. The number of anilines is 6. The lowest BCUT2D eigenvalue weighted by Crippen LogP contribution is -2.32. The summed E-state index contributed by atoms with van der Waals surface area (Å²) in [5.74, 6) is 3.48. The van der Waals surface area contributed by atoms with Gasteiger partial charge in [0.05, 0.1) is 10.8 Å². The Morgan fingerprint density at radius 2 is 0.373 bits per heavy atom. The Bertz CT molecular complexity index is 7520. The molecule has 126 heavy (non-hydrogen) atoms. The second-order valence-corrected chi connectivity index (χ2v) is 33.3. The van der Waals surface area contributed by atoms with Crippen LogP contribution < -0.4 is 19.3 Å². The highest BCUT2D eigenvalue weighted by Crippen LogP contribution is 2.65. The van der Waals surface area contributed by atoms with Gasteiger partial charge in [-0.3, -0.25) is 0 Å². The lowest BCUT2D eigenvalue weighted by atomic mass is 9.66. The fourth-order valence-corrected chi connectivity index (χ4v) is 20.7. The minimum Gasteiger partial charge on any atom is -0.457 e. The van der Waals surface area contributed by atoms with Crippen LogP contribution in [-0.4, -0.2) is 0 Å². The molecule has 0 aromatic heterocycles. The SMILES string of the molecule is c1ccc(-c2ccc(N(c3ccc(-c4ccc5c(c4)Oc4ccccc4C54c5ccccc5-c5ccccc54)cc3)c3ccc(-c4ccc(-c5ccc(-c6ccc(N(c7cccc(-c8cccc(-c9ccccc9)c8)c7)c7cccc(-c8ccc9c(c8)Oc8ccccc8C98c9ccccc9-c9ccccc98)c7)cc6)cc5)cc4-c4ccccc4)cc3)cc2)cc1. The average Bonchev–Trinajstić information content (AvgIpc) is 1.48. The van der Waals surface area contributed by atoms with Crippen LogP contribution in [0, 0.1) is 0 Å². The van der Waals surface area contributed by atoms with Gasteiger partial charge in [0.15, 0.2) is 0 Å². The predicted molar refractivity (Wildman–Crippen MR) is 519 cm³/mol. The molecular formula is C122H80N2O2. The molecule has 4 aliphatic rings. The Balaban J connectivity index is 0.539. The Hall–Kier alpha value is -16.4. The van der Waals surface area contributed by atoms with E-state index in [4.69, 9.17) is 9.47 Å². The number of ether oxygens (including phenoxy) is 2. The van der Waals surface area contributed by atoms with Gasteiger partial charge in [0, 0.05) is 56.4 Å². The van der Waals surface area contributed by atoms with Gasteiger partial charge in [-0.1, -0.05) is 376 Å². The third-order valence-corrected chi connectivity index (χ3v) is 26.5. The maximum atomic E-state index is 7.04.